The molecule has 0 spiro atoms. The Bertz CT molecular complexity index is 2740. The number of phenols is 1. The summed E-state index contributed by atoms with van der Waals surface area (Å²) in [6.07, 6.45) is -1.43. The number of primary amides is 1. The minimum absolute atomic E-state index is 0.0330. The lowest BCUT2D eigenvalue weighted by Crippen LogP contribution is -2.61. The molecule has 0 radical (unpaired) electrons. The smallest absolute Gasteiger partial charge is 0.328 e. The van der Waals surface area contributed by atoms with Gasteiger partial charge < -0.3 is 91.2 Å². The number of rotatable bonds is 36. The molecule has 3 rings (SSSR count). The van der Waals surface area contributed by atoms with Gasteiger partial charge in [-0.05, 0) is 73.9 Å². The minimum atomic E-state index is -1.91. The van der Waals surface area contributed by atoms with Crippen LogP contribution in [0.2, 0.25) is 0 Å². The van der Waals surface area contributed by atoms with E-state index in [1.807, 2.05) is 0 Å². The van der Waals surface area contributed by atoms with Crippen LogP contribution < -0.4 is 70.8 Å². The standard InChI is InChI=1S/C54H76N14O15S/c1-29(60-48(77)37(61-43(73)27-55)23-31-11-6-4-7-12-31)45(74)64-38(24-32-13-8-5-9-14-32)50(79)67-41(28-69)52(81)66-40(26-42(56)72)51(80)65-39(25-33-16-18-34(71)19-17-33)49(78)62-35(15-10-21-59-54(57)58)46(75)63-36(20-22-84-3)47(76)68-44(30(2)70)53(82)83/h4-9,11-14,16-19,29-30,35-41,44,69-71H,10,15,20-28,55H2,1-3H3,(H2,56,72)(H,60,77)(H,61,73)(H,62,78)(H,63,75)(H,64,74)(H,65,80)(H,66,81)(H,67,79)(H,68,76)(H,82,83)(H4,57,58,59)/t29-,30+,35-,36-,37-,38-,39-,40-,41-,44-/m0/s1. The maximum absolute atomic E-state index is 14.4. The molecular formula is C54H76N14O15S. The lowest BCUT2D eigenvalue weighted by atomic mass is 10.0. The zero-order chi connectivity index (χ0) is 62.5. The number of nitrogens with one attached hydrogen (secondary N) is 9. The zero-order valence-corrected chi connectivity index (χ0v) is 47.4. The van der Waals surface area contributed by atoms with E-state index in [2.05, 4.69) is 52.8 Å². The van der Waals surface area contributed by atoms with Gasteiger partial charge in [0.25, 0.3) is 0 Å². The van der Waals surface area contributed by atoms with E-state index in [0.717, 1.165) is 6.92 Å². The molecule has 10 amide bonds. The number of carbonyl (C=O) groups is 11. The number of phenolic OH excluding ortho intramolecular Hbond substituents is 1. The number of aliphatic hydroxyl groups is 2. The predicted octanol–water partition coefficient (Wildman–Crippen LogP) is -5.10. The number of carboxylic acids is 1. The first-order valence-electron chi connectivity index (χ1n) is 26.5. The van der Waals surface area contributed by atoms with Gasteiger partial charge in [0, 0.05) is 25.8 Å². The van der Waals surface area contributed by atoms with Gasteiger partial charge in [-0.1, -0.05) is 72.8 Å². The Labute approximate surface area is 488 Å². The number of aliphatic imine (C=N–C) groups is 1. The van der Waals surface area contributed by atoms with Crippen LogP contribution in [0.3, 0.4) is 0 Å². The molecule has 29 nitrogen and oxygen atoms in total. The molecule has 0 aliphatic carbocycles. The molecule has 0 unspecified atom stereocenters. The molecule has 0 aliphatic heterocycles. The van der Waals surface area contributed by atoms with Crippen LogP contribution in [-0.4, -0.2) is 184 Å². The van der Waals surface area contributed by atoms with Crippen LogP contribution in [0.5, 0.6) is 5.75 Å². The molecule has 3 aromatic carbocycles. The quantitative estimate of drug-likeness (QED) is 0.0147. The number of thioether (sulfide) groups is 1. The number of nitrogens with two attached hydrogens (primary N) is 4. The number of nitrogens with zero attached hydrogens (tertiary/aromatic N) is 1. The highest BCUT2D eigenvalue weighted by molar-refractivity contribution is 7.98. The van der Waals surface area contributed by atoms with Crippen LogP contribution in [0.1, 0.15) is 56.2 Å². The molecule has 10 atom stereocenters. The fourth-order valence-corrected chi connectivity index (χ4v) is 8.48. The highest BCUT2D eigenvalue weighted by Crippen LogP contribution is 2.14. The predicted molar refractivity (Wildman–Crippen MR) is 307 cm³/mol. The van der Waals surface area contributed by atoms with Gasteiger partial charge in [0.2, 0.25) is 59.1 Å². The SMILES string of the molecule is CSCC[C@H](NC(=O)[C@H](CCCN=C(N)N)NC(=O)[C@H](Cc1ccc(O)cc1)NC(=O)[C@H](CC(N)=O)NC(=O)[C@H](CO)NC(=O)[C@H](Cc1ccccc1)NC(=O)[C@H](C)NC(=O)[C@H](Cc1ccccc1)NC(=O)CN)C(=O)N[C@H](C(=O)O)[C@@H](C)O. The van der Waals surface area contributed by atoms with Gasteiger partial charge in [0.1, 0.15) is 54.1 Å². The second-order valence-corrected chi connectivity index (χ2v) is 20.3. The van der Waals surface area contributed by atoms with Crippen LogP contribution in [0.15, 0.2) is 89.9 Å². The van der Waals surface area contributed by atoms with Crippen molar-refractivity contribution in [1.82, 2.24) is 47.9 Å². The number of guanidine groups is 1. The molecule has 458 valence electrons. The zero-order valence-electron chi connectivity index (χ0n) is 46.6. The van der Waals surface area contributed by atoms with Crippen molar-refractivity contribution >= 4 is 82.8 Å². The summed E-state index contributed by atoms with van der Waals surface area (Å²) in [5, 5.41) is 62.0. The summed E-state index contributed by atoms with van der Waals surface area (Å²) in [7, 11) is 0. The molecule has 21 N–H and O–H groups in total. The highest BCUT2D eigenvalue weighted by Gasteiger charge is 2.36. The third kappa shape index (κ3) is 24.7. The molecule has 30 heteroatoms. The molecule has 0 bridgehead atoms. The van der Waals surface area contributed by atoms with Crippen molar-refractivity contribution in [1.29, 1.82) is 0 Å². The average Bonchev–Trinajstić information content (AvgIpc) is 3.65. The number of aliphatic hydroxyl groups excluding tert-OH is 2. The van der Waals surface area contributed by atoms with Gasteiger partial charge in [0.05, 0.1) is 25.7 Å². The summed E-state index contributed by atoms with van der Waals surface area (Å²) in [5.74, 6) is -11.6. The van der Waals surface area contributed by atoms with Gasteiger partial charge in [-0.3, -0.25) is 52.9 Å². The molecule has 0 saturated carbocycles. The van der Waals surface area contributed by atoms with Crippen molar-refractivity contribution in [2.45, 2.75) is 119 Å². The number of hydrogen-bond acceptors (Lipinski definition) is 17. The number of carbonyl (C=O) groups excluding carboxylic acids is 10. The number of amides is 10. The molecule has 3 aromatic rings. The third-order valence-electron chi connectivity index (χ3n) is 12.5. The summed E-state index contributed by atoms with van der Waals surface area (Å²) in [5.41, 5.74) is 23.5. The van der Waals surface area contributed by atoms with Crippen molar-refractivity contribution in [3.8, 4) is 5.75 Å². The van der Waals surface area contributed by atoms with Gasteiger partial charge >= 0.3 is 5.97 Å². The van der Waals surface area contributed by atoms with E-state index < -0.39 is 145 Å². The molecule has 0 fully saturated rings. The molecular weight excluding hydrogens is 1120 g/mol. The first-order valence-corrected chi connectivity index (χ1v) is 27.9. The van der Waals surface area contributed by atoms with Crippen molar-refractivity contribution in [2.75, 3.05) is 31.7 Å². The first-order chi connectivity index (χ1) is 39.8. The average molecular weight is 1190 g/mol. The monoisotopic (exact) mass is 1190 g/mol. The van der Waals surface area contributed by atoms with Crippen LogP contribution in [0.4, 0.5) is 0 Å². The lowest BCUT2D eigenvalue weighted by molar-refractivity contribution is -0.145. The lowest BCUT2D eigenvalue weighted by Gasteiger charge is -2.28. The maximum atomic E-state index is 14.4. The maximum Gasteiger partial charge on any atom is 0.328 e. The summed E-state index contributed by atoms with van der Waals surface area (Å²) in [6, 6.07) is 8.29. The van der Waals surface area contributed by atoms with Crippen molar-refractivity contribution < 1.29 is 73.2 Å². The second-order valence-electron chi connectivity index (χ2n) is 19.3. The van der Waals surface area contributed by atoms with Gasteiger partial charge in [-0.25, -0.2) is 4.79 Å². The molecule has 84 heavy (non-hydrogen) atoms. The van der Waals surface area contributed by atoms with Crippen molar-refractivity contribution in [3.05, 3.63) is 102 Å². The van der Waals surface area contributed by atoms with E-state index in [1.54, 1.807) is 66.9 Å². The van der Waals surface area contributed by atoms with Gasteiger partial charge in [-0.15, -0.1) is 0 Å². The first kappa shape index (κ1) is 69.4. The molecule has 0 aliphatic rings. The third-order valence-corrected chi connectivity index (χ3v) is 13.2. The fourth-order valence-electron chi connectivity index (χ4n) is 8.01. The Morgan fingerprint density at radius 1 is 0.536 bits per heavy atom. The normalized spacial score (nSPS) is 14.5. The van der Waals surface area contributed by atoms with Gasteiger partial charge in [-0.2, -0.15) is 11.8 Å². The summed E-state index contributed by atoms with van der Waals surface area (Å²) in [6.45, 7) is 0.886. The number of carboxylic acid groups (broad SMARTS) is 1. The van der Waals surface area contributed by atoms with E-state index >= 15 is 0 Å². The van der Waals surface area contributed by atoms with Crippen LogP contribution in [0.25, 0.3) is 0 Å². The van der Waals surface area contributed by atoms with E-state index in [-0.39, 0.29) is 62.5 Å². The van der Waals surface area contributed by atoms with E-state index in [9.17, 15) is 73.2 Å². The van der Waals surface area contributed by atoms with Gasteiger partial charge in [0.15, 0.2) is 12.0 Å². The van der Waals surface area contributed by atoms with E-state index in [0.29, 0.717) is 16.7 Å². The van der Waals surface area contributed by atoms with Crippen molar-refractivity contribution in [2.24, 2.45) is 27.9 Å². The van der Waals surface area contributed by atoms with Crippen LogP contribution >= 0.6 is 11.8 Å². The summed E-state index contributed by atoms with van der Waals surface area (Å²) < 4.78 is 0. The Morgan fingerprint density at radius 3 is 1.43 bits per heavy atom. The van der Waals surface area contributed by atoms with E-state index in [1.165, 1.54) is 43.0 Å². The number of aromatic hydroxyl groups is 1. The van der Waals surface area contributed by atoms with Crippen LogP contribution in [0, 0.1) is 0 Å². The van der Waals surface area contributed by atoms with Crippen molar-refractivity contribution in [3.63, 3.8) is 0 Å². The van der Waals surface area contributed by atoms with Crippen LogP contribution in [-0.2, 0) is 72.0 Å². The highest BCUT2D eigenvalue weighted by atomic mass is 32.2. The Balaban J connectivity index is 1.92. The molecule has 0 heterocycles. The molecule has 0 aromatic heterocycles. The Hall–Kier alpha value is -8.87. The topological polar surface area (TPSA) is 493 Å². The largest absolute Gasteiger partial charge is 0.508 e. The second kappa shape index (κ2) is 35.9. The Morgan fingerprint density at radius 2 is 0.952 bits per heavy atom. The summed E-state index contributed by atoms with van der Waals surface area (Å²) in [4.78, 5) is 152. The summed E-state index contributed by atoms with van der Waals surface area (Å²) >= 11 is 1.30. The fraction of sp³-hybridized carbons (Fsp3) is 0.444. The number of aliphatic carboxylic acids is 1. The number of hydrogen-bond donors (Lipinski definition) is 17. The number of benzene rings is 3. The van der Waals surface area contributed by atoms with E-state index in [4.69, 9.17) is 22.9 Å². The minimum Gasteiger partial charge on any atom is -0.508 e. The molecule has 0 saturated heterocycles. The Kier molecular flexibility index (Phi) is 29.6.